The molecule has 0 fully saturated rings. The van der Waals surface area contributed by atoms with Gasteiger partial charge in [-0.1, -0.05) is 42.5 Å². The van der Waals surface area contributed by atoms with E-state index in [-0.39, 0.29) is 24.8 Å². The first-order valence-corrected chi connectivity index (χ1v) is 10.6. The quantitative estimate of drug-likeness (QED) is 0.270. The number of carbonyl (C=O) groups excluding carboxylic acids is 1. The Morgan fingerprint density at radius 1 is 1.03 bits per heavy atom. The van der Waals surface area contributed by atoms with Crippen molar-refractivity contribution in [3.63, 3.8) is 0 Å². The second kappa shape index (κ2) is 11.4. The van der Waals surface area contributed by atoms with Crippen LogP contribution in [0.1, 0.15) is 39.6 Å². The molecule has 0 spiro atoms. The predicted octanol–water partition coefficient (Wildman–Crippen LogP) is 5.70. The van der Waals surface area contributed by atoms with E-state index in [1.165, 1.54) is 23.1 Å². The summed E-state index contributed by atoms with van der Waals surface area (Å²) in [7, 11) is 1.61. The summed E-state index contributed by atoms with van der Waals surface area (Å²) in [5, 5.41) is 9.50. The van der Waals surface area contributed by atoms with Gasteiger partial charge in [-0.2, -0.15) is 13.2 Å². The number of benzene rings is 3. The maximum atomic E-state index is 12.9. The molecule has 3 rings (SSSR count). The van der Waals surface area contributed by atoms with Crippen molar-refractivity contribution in [2.45, 2.75) is 25.3 Å². The number of ether oxygens (including phenoxy) is 1. The molecule has 0 heterocycles. The van der Waals surface area contributed by atoms with Crippen LogP contribution in [0.3, 0.4) is 0 Å². The van der Waals surface area contributed by atoms with Gasteiger partial charge in [-0.3, -0.25) is 4.79 Å². The van der Waals surface area contributed by atoms with Crippen LogP contribution in [0.5, 0.6) is 5.75 Å². The fraction of sp³-hybridized carbons (Fsp3) is 0.240. The first-order valence-electron chi connectivity index (χ1n) is 10.6. The Hall–Kier alpha value is -4.08. The van der Waals surface area contributed by atoms with Crippen molar-refractivity contribution >= 4 is 5.91 Å². The van der Waals surface area contributed by atoms with E-state index < -0.39 is 22.9 Å². The molecule has 3 aromatic carbocycles. The number of hydrogen-bond acceptors (Lipinski definition) is 5. The monoisotopic (exact) mass is 488 g/mol. The SMILES string of the molecule is CN(CC[C@@H](Oc1ccc(C(F)(F)F)cc1)c1ccccc1)C(=O)c1cccc(CO[N+](=O)[O-])c1. The van der Waals surface area contributed by atoms with E-state index in [9.17, 15) is 28.1 Å². The molecule has 0 aliphatic rings. The lowest BCUT2D eigenvalue weighted by Crippen LogP contribution is -2.29. The van der Waals surface area contributed by atoms with E-state index in [1.54, 1.807) is 25.2 Å². The normalized spacial score (nSPS) is 12.0. The lowest BCUT2D eigenvalue weighted by atomic mass is 10.1. The second-order valence-electron chi connectivity index (χ2n) is 7.75. The van der Waals surface area contributed by atoms with Gasteiger partial charge in [0.05, 0.1) is 5.56 Å². The number of amides is 1. The van der Waals surface area contributed by atoms with Gasteiger partial charge in [0.2, 0.25) is 0 Å². The topological polar surface area (TPSA) is 81.9 Å². The first-order chi connectivity index (χ1) is 16.6. The van der Waals surface area contributed by atoms with Crippen molar-refractivity contribution in [2.24, 2.45) is 0 Å². The zero-order valence-corrected chi connectivity index (χ0v) is 18.8. The molecule has 35 heavy (non-hydrogen) atoms. The second-order valence-corrected chi connectivity index (χ2v) is 7.75. The third kappa shape index (κ3) is 7.46. The van der Waals surface area contributed by atoms with Crippen molar-refractivity contribution in [3.8, 4) is 5.75 Å². The molecule has 0 saturated carbocycles. The molecule has 0 unspecified atom stereocenters. The van der Waals surface area contributed by atoms with E-state index in [0.29, 0.717) is 17.5 Å². The Labute approximate surface area is 199 Å². The van der Waals surface area contributed by atoms with E-state index in [2.05, 4.69) is 4.84 Å². The van der Waals surface area contributed by atoms with Gasteiger partial charge in [-0.15, -0.1) is 10.1 Å². The van der Waals surface area contributed by atoms with E-state index in [4.69, 9.17) is 4.74 Å². The van der Waals surface area contributed by atoms with E-state index >= 15 is 0 Å². The average Bonchev–Trinajstić information content (AvgIpc) is 2.85. The van der Waals surface area contributed by atoms with Crippen molar-refractivity contribution in [3.05, 3.63) is 111 Å². The van der Waals surface area contributed by atoms with Gasteiger partial charge in [-0.05, 0) is 47.5 Å². The molecule has 0 aliphatic heterocycles. The minimum atomic E-state index is -4.44. The van der Waals surface area contributed by atoms with E-state index in [0.717, 1.165) is 17.7 Å². The van der Waals surface area contributed by atoms with Crippen molar-refractivity contribution in [1.82, 2.24) is 4.90 Å². The molecule has 184 valence electrons. The fourth-order valence-corrected chi connectivity index (χ4v) is 3.40. The molecule has 7 nitrogen and oxygen atoms in total. The lowest BCUT2D eigenvalue weighted by Gasteiger charge is -2.24. The summed E-state index contributed by atoms with van der Waals surface area (Å²) in [5.74, 6) is -0.0198. The number of halogens is 3. The molecule has 0 radical (unpaired) electrons. The number of alkyl halides is 3. The molecule has 0 aromatic heterocycles. The van der Waals surface area contributed by atoms with Crippen LogP contribution in [0.4, 0.5) is 13.2 Å². The molecule has 1 atom stereocenters. The molecule has 1 amide bonds. The lowest BCUT2D eigenvalue weighted by molar-refractivity contribution is -0.763. The van der Waals surface area contributed by atoms with Crippen LogP contribution in [0.25, 0.3) is 0 Å². The minimum Gasteiger partial charge on any atom is -0.486 e. The fourth-order valence-electron chi connectivity index (χ4n) is 3.40. The van der Waals surface area contributed by atoms with Gasteiger partial charge in [0.1, 0.15) is 18.5 Å². The molecule has 0 bridgehead atoms. The maximum Gasteiger partial charge on any atom is 0.416 e. The van der Waals surface area contributed by atoms with Crippen molar-refractivity contribution in [1.29, 1.82) is 0 Å². The number of rotatable bonds is 10. The summed E-state index contributed by atoms with van der Waals surface area (Å²) in [6.07, 6.45) is -4.58. The number of hydrogen-bond donors (Lipinski definition) is 0. The highest BCUT2D eigenvalue weighted by Gasteiger charge is 2.30. The summed E-state index contributed by atoms with van der Waals surface area (Å²) >= 11 is 0. The molecule has 0 aliphatic carbocycles. The molecule has 0 saturated heterocycles. The van der Waals surface area contributed by atoms with Crippen molar-refractivity contribution in [2.75, 3.05) is 13.6 Å². The third-order valence-electron chi connectivity index (χ3n) is 5.22. The highest BCUT2D eigenvalue weighted by atomic mass is 19.4. The zero-order chi connectivity index (χ0) is 25.4. The Kier molecular flexibility index (Phi) is 8.30. The van der Waals surface area contributed by atoms with Gasteiger partial charge in [0, 0.05) is 25.6 Å². The largest absolute Gasteiger partial charge is 0.486 e. The van der Waals surface area contributed by atoms with Crippen LogP contribution in [0.15, 0.2) is 78.9 Å². The standard InChI is InChI=1S/C25H23F3N2O5/c1-29(24(31)20-9-5-6-18(16-20)17-34-30(32)33)15-14-23(19-7-3-2-4-8-19)35-22-12-10-21(11-13-22)25(26,27)28/h2-13,16,23H,14-15,17H2,1H3/t23-/m1/s1. The van der Waals surface area contributed by atoms with Crippen LogP contribution in [-0.4, -0.2) is 29.5 Å². The molecular weight excluding hydrogens is 465 g/mol. The van der Waals surface area contributed by atoms with Gasteiger partial charge < -0.3 is 14.5 Å². The van der Waals surface area contributed by atoms with Gasteiger partial charge in [-0.25, -0.2) is 0 Å². The number of nitrogens with zero attached hydrogens (tertiary/aromatic N) is 2. The third-order valence-corrected chi connectivity index (χ3v) is 5.22. The highest BCUT2D eigenvalue weighted by Crippen LogP contribution is 2.32. The first kappa shape index (κ1) is 25.5. The summed E-state index contributed by atoms with van der Waals surface area (Å²) in [5.41, 5.74) is 0.870. The van der Waals surface area contributed by atoms with Crippen molar-refractivity contribution < 1.29 is 32.6 Å². The maximum absolute atomic E-state index is 12.9. The Balaban J connectivity index is 1.69. The molecular formula is C25H23F3N2O5. The smallest absolute Gasteiger partial charge is 0.416 e. The summed E-state index contributed by atoms with van der Waals surface area (Å²) < 4.78 is 44.6. The molecule has 3 aromatic rings. The Morgan fingerprint density at radius 2 is 1.71 bits per heavy atom. The molecule has 0 N–H and O–H groups in total. The average molecular weight is 488 g/mol. The Bertz CT molecular complexity index is 1140. The van der Waals surface area contributed by atoms with Crippen LogP contribution >= 0.6 is 0 Å². The Morgan fingerprint density at radius 3 is 2.34 bits per heavy atom. The zero-order valence-electron chi connectivity index (χ0n) is 18.8. The van der Waals surface area contributed by atoms with Gasteiger partial charge in [0.15, 0.2) is 0 Å². The summed E-state index contributed by atoms with van der Waals surface area (Å²) in [4.78, 5) is 29.1. The van der Waals surface area contributed by atoms with Crippen LogP contribution < -0.4 is 4.74 Å². The summed E-state index contributed by atoms with van der Waals surface area (Å²) in [6, 6.07) is 20.0. The predicted molar refractivity (Wildman–Crippen MR) is 121 cm³/mol. The molecule has 10 heteroatoms. The van der Waals surface area contributed by atoms with Crippen LogP contribution in [-0.2, 0) is 17.6 Å². The van der Waals surface area contributed by atoms with Gasteiger partial charge in [0.25, 0.3) is 11.0 Å². The summed E-state index contributed by atoms with van der Waals surface area (Å²) in [6.45, 7) is 0.0174. The van der Waals surface area contributed by atoms with Crippen LogP contribution in [0, 0.1) is 10.1 Å². The van der Waals surface area contributed by atoms with E-state index in [1.807, 2.05) is 30.3 Å². The van der Waals surface area contributed by atoms with Gasteiger partial charge >= 0.3 is 6.18 Å². The highest BCUT2D eigenvalue weighted by molar-refractivity contribution is 5.94. The number of carbonyl (C=O) groups is 1. The van der Waals surface area contributed by atoms with Crippen LogP contribution in [0.2, 0.25) is 0 Å². The minimum absolute atomic E-state index is 0.269.